The molecule has 3 unspecified atom stereocenters. The number of nitrogens with one attached hydrogen (secondary N) is 2. The summed E-state index contributed by atoms with van der Waals surface area (Å²) >= 11 is 0. The van der Waals surface area contributed by atoms with Gasteiger partial charge in [0, 0.05) is 13.1 Å². The van der Waals surface area contributed by atoms with Gasteiger partial charge in [-0.25, -0.2) is 0 Å². The molecule has 1 heterocycles. The van der Waals surface area contributed by atoms with E-state index >= 15 is 0 Å². The second kappa shape index (κ2) is 5.45. The molecule has 2 saturated carbocycles. The fourth-order valence-electron chi connectivity index (χ4n) is 4.62. The molecule has 1 aliphatic heterocycles. The maximum atomic E-state index is 12.4. The number of fused-ring (bicyclic) bond motifs is 3. The van der Waals surface area contributed by atoms with Gasteiger partial charge in [-0.05, 0) is 54.6 Å². The van der Waals surface area contributed by atoms with Crippen molar-refractivity contribution in [2.24, 2.45) is 17.8 Å². The molecule has 3 aliphatic rings. The molecule has 4 atom stereocenters. The molecular weight excluding hydrogens is 260 g/mol. The molecule has 3 nitrogen and oxygen atoms in total. The van der Waals surface area contributed by atoms with Gasteiger partial charge in [0.25, 0.3) is 0 Å². The van der Waals surface area contributed by atoms with Gasteiger partial charge in [0.1, 0.15) is 0 Å². The maximum absolute atomic E-state index is 12.4. The summed E-state index contributed by atoms with van der Waals surface area (Å²) in [7, 11) is 0. The van der Waals surface area contributed by atoms with Crippen LogP contribution in [0.4, 0.5) is 0 Å². The standard InChI is InChI=1S/C18H24N2O/c21-18(20-11-16-8-12-5-6-14(16)7-12)17-9-13-3-1-2-4-15(13)10-19-17/h1-4,12,14,16-17,19H,5-11H2,(H,20,21)/t12?,14?,16?,17-/m1/s1. The first-order chi connectivity index (χ1) is 10.3. The minimum Gasteiger partial charge on any atom is -0.354 e. The Labute approximate surface area is 126 Å². The number of amides is 1. The van der Waals surface area contributed by atoms with Crippen molar-refractivity contribution >= 4 is 5.91 Å². The van der Waals surface area contributed by atoms with Crippen molar-refractivity contribution in [2.75, 3.05) is 6.54 Å². The van der Waals surface area contributed by atoms with Crippen molar-refractivity contribution in [3.8, 4) is 0 Å². The normalized spacial score (nSPS) is 33.7. The molecule has 21 heavy (non-hydrogen) atoms. The lowest BCUT2D eigenvalue weighted by Gasteiger charge is -2.27. The van der Waals surface area contributed by atoms with Crippen molar-refractivity contribution < 1.29 is 4.79 Å². The van der Waals surface area contributed by atoms with Crippen LogP contribution in [0.3, 0.4) is 0 Å². The Kier molecular flexibility index (Phi) is 3.46. The summed E-state index contributed by atoms with van der Waals surface area (Å²) in [6.45, 7) is 1.70. The third-order valence-corrected chi connectivity index (χ3v) is 5.82. The van der Waals surface area contributed by atoms with Gasteiger partial charge >= 0.3 is 0 Å². The van der Waals surface area contributed by atoms with Gasteiger partial charge in [-0.2, -0.15) is 0 Å². The first-order valence-corrected chi connectivity index (χ1v) is 8.37. The minimum atomic E-state index is -0.0570. The zero-order valence-electron chi connectivity index (χ0n) is 12.5. The van der Waals surface area contributed by atoms with E-state index in [4.69, 9.17) is 0 Å². The Hall–Kier alpha value is -1.35. The summed E-state index contributed by atoms with van der Waals surface area (Å²) in [6.07, 6.45) is 6.39. The van der Waals surface area contributed by atoms with E-state index in [0.717, 1.165) is 37.3 Å². The Balaban J connectivity index is 1.32. The van der Waals surface area contributed by atoms with Crippen LogP contribution in [0.1, 0.15) is 36.8 Å². The molecule has 112 valence electrons. The summed E-state index contributed by atoms with van der Waals surface area (Å²) < 4.78 is 0. The molecule has 1 amide bonds. The zero-order chi connectivity index (χ0) is 14.2. The van der Waals surface area contributed by atoms with Gasteiger partial charge in [-0.1, -0.05) is 30.7 Å². The molecule has 0 radical (unpaired) electrons. The van der Waals surface area contributed by atoms with Crippen LogP contribution < -0.4 is 10.6 Å². The van der Waals surface area contributed by atoms with E-state index < -0.39 is 0 Å². The van der Waals surface area contributed by atoms with Gasteiger partial charge in [-0.15, -0.1) is 0 Å². The molecule has 2 N–H and O–H groups in total. The predicted molar refractivity (Wildman–Crippen MR) is 82.7 cm³/mol. The fraction of sp³-hybridized carbons (Fsp3) is 0.611. The Morgan fingerprint density at radius 1 is 1.19 bits per heavy atom. The number of carbonyl (C=O) groups excluding carboxylic acids is 1. The molecule has 1 aromatic carbocycles. The van der Waals surface area contributed by atoms with Crippen molar-refractivity contribution in [3.05, 3.63) is 35.4 Å². The number of benzene rings is 1. The van der Waals surface area contributed by atoms with Crippen LogP contribution in [0, 0.1) is 17.8 Å². The van der Waals surface area contributed by atoms with Crippen molar-refractivity contribution in [1.29, 1.82) is 0 Å². The molecular formula is C18H24N2O. The third kappa shape index (κ3) is 2.59. The van der Waals surface area contributed by atoms with Crippen LogP contribution in [0.2, 0.25) is 0 Å². The quantitative estimate of drug-likeness (QED) is 0.894. The highest BCUT2D eigenvalue weighted by Gasteiger charge is 2.39. The van der Waals surface area contributed by atoms with Gasteiger partial charge in [-0.3, -0.25) is 4.79 Å². The van der Waals surface area contributed by atoms with Crippen molar-refractivity contribution in [2.45, 2.75) is 44.7 Å². The van der Waals surface area contributed by atoms with E-state index in [1.54, 1.807) is 0 Å². The Morgan fingerprint density at radius 3 is 2.81 bits per heavy atom. The number of hydrogen-bond acceptors (Lipinski definition) is 2. The van der Waals surface area contributed by atoms with E-state index in [0.29, 0.717) is 0 Å². The monoisotopic (exact) mass is 284 g/mol. The van der Waals surface area contributed by atoms with E-state index in [1.807, 2.05) is 0 Å². The van der Waals surface area contributed by atoms with E-state index in [1.165, 1.54) is 36.8 Å². The van der Waals surface area contributed by atoms with Crippen LogP contribution in [0.15, 0.2) is 24.3 Å². The van der Waals surface area contributed by atoms with Crippen LogP contribution in [-0.4, -0.2) is 18.5 Å². The summed E-state index contributed by atoms with van der Waals surface area (Å²) in [4.78, 5) is 12.4. The molecule has 4 rings (SSSR count). The Morgan fingerprint density at radius 2 is 2.05 bits per heavy atom. The largest absolute Gasteiger partial charge is 0.354 e. The minimum absolute atomic E-state index is 0.0570. The number of hydrogen-bond donors (Lipinski definition) is 2. The van der Waals surface area contributed by atoms with Crippen LogP contribution in [0.25, 0.3) is 0 Å². The predicted octanol–water partition coefficient (Wildman–Crippen LogP) is 2.25. The molecule has 2 aliphatic carbocycles. The van der Waals surface area contributed by atoms with Gasteiger partial charge in [0.15, 0.2) is 0 Å². The number of rotatable bonds is 3. The second-order valence-corrected chi connectivity index (χ2v) is 7.09. The van der Waals surface area contributed by atoms with Gasteiger partial charge < -0.3 is 10.6 Å². The number of carbonyl (C=O) groups is 1. The molecule has 3 heteroatoms. The van der Waals surface area contributed by atoms with Gasteiger partial charge in [0.05, 0.1) is 6.04 Å². The summed E-state index contributed by atoms with van der Waals surface area (Å²) in [6, 6.07) is 8.36. The lowest BCUT2D eigenvalue weighted by Crippen LogP contribution is -2.48. The molecule has 1 aromatic rings. The highest BCUT2D eigenvalue weighted by Crippen LogP contribution is 2.47. The topological polar surface area (TPSA) is 41.1 Å². The lowest BCUT2D eigenvalue weighted by atomic mass is 9.88. The van der Waals surface area contributed by atoms with Crippen molar-refractivity contribution in [3.63, 3.8) is 0 Å². The summed E-state index contributed by atoms with van der Waals surface area (Å²) in [5.41, 5.74) is 2.64. The summed E-state index contributed by atoms with van der Waals surface area (Å²) in [5, 5.41) is 6.58. The SMILES string of the molecule is O=C(NCC1CC2CCC1C2)[C@H]1Cc2ccccc2CN1. The first kappa shape index (κ1) is 13.3. The molecule has 0 aromatic heterocycles. The van der Waals surface area contributed by atoms with Crippen LogP contribution >= 0.6 is 0 Å². The fourth-order valence-corrected chi connectivity index (χ4v) is 4.62. The average Bonchev–Trinajstić information content (AvgIpc) is 3.15. The smallest absolute Gasteiger partial charge is 0.237 e. The zero-order valence-corrected chi connectivity index (χ0v) is 12.5. The first-order valence-electron chi connectivity index (χ1n) is 8.37. The van der Waals surface area contributed by atoms with Gasteiger partial charge in [0.2, 0.25) is 5.91 Å². The third-order valence-electron chi connectivity index (χ3n) is 5.82. The average molecular weight is 284 g/mol. The Bertz CT molecular complexity index is 542. The van der Waals surface area contributed by atoms with E-state index in [9.17, 15) is 4.79 Å². The second-order valence-electron chi connectivity index (χ2n) is 7.09. The molecule has 0 spiro atoms. The van der Waals surface area contributed by atoms with Crippen LogP contribution in [-0.2, 0) is 17.8 Å². The summed E-state index contributed by atoms with van der Waals surface area (Å²) in [5.74, 6) is 2.77. The highest BCUT2D eigenvalue weighted by atomic mass is 16.2. The molecule has 2 bridgehead atoms. The van der Waals surface area contributed by atoms with Crippen LogP contribution in [0.5, 0.6) is 0 Å². The lowest BCUT2D eigenvalue weighted by molar-refractivity contribution is -0.123. The molecule has 0 saturated heterocycles. The van der Waals surface area contributed by atoms with E-state index in [2.05, 4.69) is 34.9 Å². The van der Waals surface area contributed by atoms with Crippen molar-refractivity contribution in [1.82, 2.24) is 10.6 Å². The maximum Gasteiger partial charge on any atom is 0.237 e. The van der Waals surface area contributed by atoms with E-state index in [-0.39, 0.29) is 11.9 Å². The molecule has 2 fully saturated rings. The highest BCUT2D eigenvalue weighted by molar-refractivity contribution is 5.82.